The van der Waals surface area contributed by atoms with Crippen LogP contribution in [0.2, 0.25) is 5.02 Å². The molecule has 7 heteroatoms. The van der Waals surface area contributed by atoms with Crippen molar-refractivity contribution in [2.24, 2.45) is 5.73 Å². The zero-order valence-electron chi connectivity index (χ0n) is 12.9. The minimum atomic E-state index is -0.605. The van der Waals surface area contributed by atoms with Crippen LogP contribution in [-0.2, 0) is 4.79 Å². The molecule has 6 nitrogen and oxygen atoms in total. The molecule has 2 aromatic carbocycles. The van der Waals surface area contributed by atoms with Gasteiger partial charge in [-0.05, 0) is 35.9 Å². The molecule has 0 radical (unpaired) electrons. The Kier molecular flexibility index (Phi) is 3.51. The van der Waals surface area contributed by atoms with Crippen molar-refractivity contribution in [3.63, 3.8) is 0 Å². The number of ether oxygens (including phenoxy) is 3. The van der Waals surface area contributed by atoms with Gasteiger partial charge in [0.1, 0.15) is 11.8 Å². The lowest BCUT2D eigenvalue weighted by Gasteiger charge is -2.45. The van der Waals surface area contributed by atoms with E-state index in [-0.39, 0.29) is 18.7 Å². The Morgan fingerprint density at radius 2 is 2.00 bits per heavy atom. The van der Waals surface area contributed by atoms with Crippen molar-refractivity contribution in [2.75, 3.05) is 18.8 Å². The van der Waals surface area contributed by atoms with Gasteiger partial charge in [0, 0.05) is 5.69 Å². The summed E-state index contributed by atoms with van der Waals surface area (Å²) in [5.74, 6) is 1.75. The van der Waals surface area contributed by atoms with Gasteiger partial charge < -0.3 is 24.8 Å². The lowest BCUT2D eigenvalue weighted by atomic mass is 9.88. The van der Waals surface area contributed by atoms with E-state index in [9.17, 15) is 4.79 Å². The van der Waals surface area contributed by atoms with Gasteiger partial charge in [0.15, 0.2) is 11.5 Å². The molecule has 2 aliphatic rings. The van der Waals surface area contributed by atoms with Gasteiger partial charge in [-0.1, -0.05) is 17.7 Å². The summed E-state index contributed by atoms with van der Waals surface area (Å²) in [5.41, 5.74) is 7.61. The van der Waals surface area contributed by atoms with Crippen LogP contribution in [0.15, 0.2) is 36.4 Å². The summed E-state index contributed by atoms with van der Waals surface area (Å²) in [6.07, 6.45) is 0. The van der Waals surface area contributed by atoms with Crippen molar-refractivity contribution in [2.45, 2.75) is 12.1 Å². The van der Waals surface area contributed by atoms with E-state index in [1.54, 1.807) is 30.2 Å². The molecule has 0 spiro atoms. The second-order valence-corrected chi connectivity index (χ2v) is 6.02. The molecule has 124 valence electrons. The van der Waals surface area contributed by atoms with Crippen molar-refractivity contribution in [3.05, 3.63) is 47.0 Å². The predicted molar refractivity (Wildman–Crippen MR) is 88.8 cm³/mol. The fraction of sp³-hybridized carbons (Fsp3) is 0.235. The number of benzene rings is 2. The third kappa shape index (κ3) is 2.18. The topological polar surface area (TPSA) is 74.0 Å². The molecule has 0 aliphatic carbocycles. The first kappa shape index (κ1) is 15.1. The number of anilines is 1. The molecule has 0 aromatic heterocycles. The molecule has 0 saturated carbocycles. The molecule has 4 rings (SSSR count). The molecule has 2 aromatic rings. The lowest BCUT2D eigenvalue weighted by Crippen LogP contribution is -2.63. The SMILES string of the molecule is COc1ccc(N2C(=O)[C@H](N)[C@@H]2c2ccc3c(c2)OCO3)cc1Cl. The number of hydrogen-bond acceptors (Lipinski definition) is 5. The summed E-state index contributed by atoms with van der Waals surface area (Å²) in [4.78, 5) is 13.9. The van der Waals surface area contributed by atoms with Crippen LogP contribution in [0.4, 0.5) is 5.69 Å². The maximum Gasteiger partial charge on any atom is 0.247 e. The van der Waals surface area contributed by atoms with E-state index in [1.165, 1.54) is 0 Å². The fourth-order valence-corrected chi connectivity index (χ4v) is 3.31. The molecular weight excluding hydrogens is 332 g/mol. The number of β-lactam (4-membered cyclic amide) rings is 1. The molecule has 0 unspecified atom stereocenters. The maximum absolute atomic E-state index is 12.3. The first-order chi connectivity index (χ1) is 11.6. The highest BCUT2D eigenvalue weighted by Gasteiger charge is 2.47. The summed E-state index contributed by atoms with van der Waals surface area (Å²) in [7, 11) is 1.54. The number of hydrogen-bond donors (Lipinski definition) is 1. The Balaban J connectivity index is 1.70. The summed E-state index contributed by atoms with van der Waals surface area (Å²) >= 11 is 6.18. The molecule has 1 amide bonds. The number of halogens is 1. The Labute approximate surface area is 143 Å². The molecule has 2 N–H and O–H groups in total. The van der Waals surface area contributed by atoms with E-state index < -0.39 is 6.04 Å². The van der Waals surface area contributed by atoms with E-state index in [0.29, 0.717) is 28.0 Å². The first-order valence-electron chi connectivity index (χ1n) is 7.42. The number of carbonyl (C=O) groups excluding carboxylic acids is 1. The Bertz CT molecular complexity index is 826. The summed E-state index contributed by atoms with van der Waals surface area (Å²) in [6.45, 7) is 0.201. The summed E-state index contributed by atoms with van der Waals surface area (Å²) in [6, 6.07) is 9.90. The minimum Gasteiger partial charge on any atom is -0.495 e. The molecule has 2 heterocycles. The van der Waals surface area contributed by atoms with Crippen LogP contribution in [0.25, 0.3) is 0 Å². The van der Waals surface area contributed by atoms with Gasteiger partial charge in [-0.25, -0.2) is 0 Å². The predicted octanol–water partition coefficient (Wildman–Crippen LogP) is 2.49. The highest BCUT2D eigenvalue weighted by molar-refractivity contribution is 6.32. The largest absolute Gasteiger partial charge is 0.495 e. The molecule has 1 saturated heterocycles. The van der Waals surface area contributed by atoms with Crippen LogP contribution in [0.1, 0.15) is 11.6 Å². The smallest absolute Gasteiger partial charge is 0.247 e. The van der Waals surface area contributed by atoms with Crippen molar-refractivity contribution < 1.29 is 19.0 Å². The zero-order chi connectivity index (χ0) is 16.8. The molecule has 2 atom stereocenters. The van der Waals surface area contributed by atoms with Gasteiger partial charge >= 0.3 is 0 Å². The van der Waals surface area contributed by atoms with E-state index in [0.717, 1.165) is 5.56 Å². The number of rotatable bonds is 3. The number of nitrogens with zero attached hydrogens (tertiary/aromatic N) is 1. The Hall–Kier alpha value is -2.44. The second-order valence-electron chi connectivity index (χ2n) is 5.61. The molecule has 1 fully saturated rings. The zero-order valence-corrected chi connectivity index (χ0v) is 13.6. The standard InChI is InChI=1S/C17H15ClN2O4/c1-22-12-5-3-10(7-11(12)18)20-16(15(19)17(20)21)9-2-4-13-14(6-9)24-8-23-13/h2-7,15-16H,8,19H2,1H3/t15-,16+/m1/s1. The van der Waals surface area contributed by atoms with Gasteiger partial charge in [0.25, 0.3) is 0 Å². The number of nitrogens with two attached hydrogens (primary N) is 1. The third-order valence-corrected chi connectivity index (χ3v) is 4.59. The monoisotopic (exact) mass is 346 g/mol. The van der Waals surface area contributed by atoms with Crippen molar-refractivity contribution in [1.82, 2.24) is 0 Å². The first-order valence-corrected chi connectivity index (χ1v) is 7.79. The molecule has 24 heavy (non-hydrogen) atoms. The molecule has 0 bridgehead atoms. The quantitative estimate of drug-likeness (QED) is 0.864. The highest BCUT2D eigenvalue weighted by Crippen LogP contribution is 2.43. The number of carbonyl (C=O) groups is 1. The Morgan fingerprint density at radius 1 is 1.21 bits per heavy atom. The normalized spacial score (nSPS) is 21.6. The molecular formula is C17H15ClN2O4. The number of methoxy groups -OCH3 is 1. The number of fused-ring (bicyclic) bond motifs is 1. The van der Waals surface area contributed by atoms with E-state index in [2.05, 4.69) is 0 Å². The number of amides is 1. The van der Waals surface area contributed by atoms with Crippen molar-refractivity contribution >= 4 is 23.2 Å². The highest BCUT2D eigenvalue weighted by atomic mass is 35.5. The van der Waals surface area contributed by atoms with Crippen LogP contribution in [0.5, 0.6) is 17.2 Å². The third-order valence-electron chi connectivity index (χ3n) is 4.29. The van der Waals surface area contributed by atoms with Crippen LogP contribution < -0.4 is 24.8 Å². The van der Waals surface area contributed by atoms with Crippen LogP contribution >= 0.6 is 11.6 Å². The van der Waals surface area contributed by atoms with E-state index >= 15 is 0 Å². The van der Waals surface area contributed by atoms with Crippen molar-refractivity contribution in [3.8, 4) is 17.2 Å². The van der Waals surface area contributed by atoms with Gasteiger partial charge in [-0.15, -0.1) is 0 Å². The van der Waals surface area contributed by atoms with Gasteiger partial charge in [0.2, 0.25) is 12.7 Å². The Morgan fingerprint density at radius 3 is 2.75 bits per heavy atom. The van der Waals surface area contributed by atoms with Crippen LogP contribution in [-0.4, -0.2) is 25.9 Å². The van der Waals surface area contributed by atoms with Gasteiger partial charge in [-0.3, -0.25) is 4.79 Å². The van der Waals surface area contributed by atoms with E-state index in [1.807, 2.05) is 18.2 Å². The lowest BCUT2D eigenvalue weighted by molar-refractivity contribution is -0.126. The van der Waals surface area contributed by atoms with Gasteiger partial charge in [-0.2, -0.15) is 0 Å². The summed E-state index contributed by atoms with van der Waals surface area (Å²) < 4.78 is 15.9. The fourth-order valence-electron chi connectivity index (χ4n) is 3.06. The van der Waals surface area contributed by atoms with E-state index in [4.69, 9.17) is 31.5 Å². The second kappa shape index (κ2) is 5.58. The van der Waals surface area contributed by atoms with Gasteiger partial charge in [0.05, 0.1) is 18.2 Å². The average molecular weight is 347 g/mol. The maximum atomic E-state index is 12.3. The average Bonchev–Trinajstić information content (AvgIpc) is 3.06. The minimum absolute atomic E-state index is 0.154. The van der Waals surface area contributed by atoms with Crippen molar-refractivity contribution in [1.29, 1.82) is 0 Å². The molecule has 2 aliphatic heterocycles. The summed E-state index contributed by atoms with van der Waals surface area (Å²) in [5, 5.41) is 0.438. The van der Waals surface area contributed by atoms with Crippen LogP contribution in [0.3, 0.4) is 0 Å². The van der Waals surface area contributed by atoms with Crippen LogP contribution in [0, 0.1) is 0 Å².